The van der Waals surface area contributed by atoms with Crippen molar-refractivity contribution in [3.05, 3.63) is 35.4 Å². The molecule has 0 aliphatic carbocycles. The van der Waals surface area contributed by atoms with Gasteiger partial charge in [-0.2, -0.15) is 12.6 Å². The molecule has 0 aliphatic heterocycles. The highest BCUT2D eigenvalue weighted by molar-refractivity contribution is 7.80. The molecule has 0 saturated carbocycles. The highest BCUT2D eigenvalue weighted by Crippen LogP contribution is 2.18. The molecule has 2 unspecified atom stereocenters. The van der Waals surface area contributed by atoms with Crippen molar-refractivity contribution < 1.29 is 10.2 Å². The molecule has 0 heterocycles. The van der Waals surface area contributed by atoms with E-state index in [1.807, 2.05) is 12.1 Å². The van der Waals surface area contributed by atoms with Crippen LogP contribution in [0, 0.1) is 0 Å². The van der Waals surface area contributed by atoms with Crippen LogP contribution in [0.5, 0.6) is 0 Å². The van der Waals surface area contributed by atoms with Gasteiger partial charge >= 0.3 is 0 Å². The van der Waals surface area contributed by atoms with Crippen LogP contribution in [0.3, 0.4) is 0 Å². The molecule has 0 bridgehead atoms. The molecule has 0 aliphatic rings. The van der Waals surface area contributed by atoms with E-state index in [-0.39, 0.29) is 5.75 Å². The Bertz CT molecular complexity index is 276. The molecule has 0 radical (unpaired) electrons. The van der Waals surface area contributed by atoms with Gasteiger partial charge in [0.2, 0.25) is 0 Å². The third kappa shape index (κ3) is 2.72. The van der Waals surface area contributed by atoms with Gasteiger partial charge in [-0.15, -0.1) is 0 Å². The predicted molar refractivity (Wildman–Crippen MR) is 59.2 cm³/mol. The Kier molecular flexibility index (Phi) is 4.41. The Balaban J connectivity index is 2.75. The summed E-state index contributed by atoms with van der Waals surface area (Å²) in [5.41, 5.74) is 7.12. The van der Waals surface area contributed by atoms with Gasteiger partial charge in [0.15, 0.2) is 0 Å². The van der Waals surface area contributed by atoms with Crippen LogP contribution in [0.1, 0.15) is 17.2 Å². The monoisotopic (exact) mass is 213 g/mol. The number of nitrogens with two attached hydrogens (primary N) is 1. The zero-order valence-electron chi connectivity index (χ0n) is 7.80. The Morgan fingerprint density at radius 3 is 2.21 bits per heavy atom. The fourth-order valence-electron chi connectivity index (χ4n) is 1.17. The van der Waals surface area contributed by atoms with E-state index in [1.54, 1.807) is 12.1 Å². The number of aliphatic hydroxyl groups excluding tert-OH is 2. The zero-order chi connectivity index (χ0) is 10.6. The lowest BCUT2D eigenvalue weighted by Gasteiger charge is -2.16. The van der Waals surface area contributed by atoms with Crippen molar-refractivity contribution in [1.82, 2.24) is 0 Å². The fourth-order valence-corrected chi connectivity index (χ4v) is 1.37. The van der Waals surface area contributed by atoms with Crippen molar-refractivity contribution in [2.75, 3.05) is 5.75 Å². The number of aliphatic hydroxyl groups is 2. The lowest BCUT2D eigenvalue weighted by atomic mass is 10.0. The van der Waals surface area contributed by atoms with Gasteiger partial charge in [-0.3, -0.25) is 0 Å². The van der Waals surface area contributed by atoms with E-state index in [1.165, 1.54) is 0 Å². The minimum Gasteiger partial charge on any atom is -0.389 e. The van der Waals surface area contributed by atoms with Gasteiger partial charge in [0.25, 0.3) is 0 Å². The van der Waals surface area contributed by atoms with Gasteiger partial charge in [-0.1, -0.05) is 24.3 Å². The maximum Gasteiger partial charge on any atom is 0.106 e. The van der Waals surface area contributed by atoms with E-state index in [0.717, 1.165) is 5.56 Å². The molecule has 4 heteroatoms. The highest BCUT2D eigenvalue weighted by atomic mass is 32.1. The number of thiol groups is 1. The van der Waals surface area contributed by atoms with E-state index in [9.17, 15) is 10.2 Å². The second kappa shape index (κ2) is 5.36. The Labute approximate surface area is 89.0 Å². The maximum absolute atomic E-state index is 9.62. The summed E-state index contributed by atoms with van der Waals surface area (Å²) in [7, 11) is 0. The molecule has 0 fully saturated rings. The molecule has 0 spiro atoms. The fraction of sp³-hybridized carbons (Fsp3) is 0.400. The van der Waals surface area contributed by atoms with Crippen molar-refractivity contribution in [1.29, 1.82) is 0 Å². The van der Waals surface area contributed by atoms with Gasteiger partial charge in [-0.25, -0.2) is 0 Å². The highest BCUT2D eigenvalue weighted by Gasteiger charge is 2.16. The molecule has 4 N–H and O–H groups in total. The summed E-state index contributed by atoms with van der Waals surface area (Å²) in [6.45, 7) is 0.478. The molecule has 1 aromatic rings. The molecule has 2 atom stereocenters. The summed E-state index contributed by atoms with van der Waals surface area (Å²) in [5.74, 6) is 0.236. The summed E-state index contributed by atoms with van der Waals surface area (Å²) >= 11 is 3.91. The van der Waals surface area contributed by atoms with Crippen molar-refractivity contribution in [2.45, 2.75) is 18.8 Å². The van der Waals surface area contributed by atoms with Crippen LogP contribution in [0.4, 0.5) is 0 Å². The van der Waals surface area contributed by atoms with E-state index in [4.69, 9.17) is 5.73 Å². The molecule has 1 aromatic carbocycles. The summed E-state index contributed by atoms with van der Waals surface area (Å²) < 4.78 is 0. The maximum atomic E-state index is 9.62. The van der Waals surface area contributed by atoms with Gasteiger partial charge in [-0.05, 0) is 11.1 Å². The molecule has 1 rings (SSSR count). The molecule has 0 saturated heterocycles. The standard InChI is InChI=1S/C10H15NO2S/c11-5-7-1-3-8(4-2-7)10(13)9(12)6-14/h1-4,9-10,12-14H,5-6,11H2. The first-order chi connectivity index (χ1) is 6.69. The van der Waals surface area contributed by atoms with E-state index in [2.05, 4.69) is 12.6 Å². The first kappa shape index (κ1) is 11.5. The van der Waals surface area contributed by atoms with Crippen molar-refractivity contribution in [3.63, 3.8) is 0 Å². The van der Waals surface area contributed by atoms with Crippen molar-refractivity contribution >= 4 is 12.6 Å². The van der Waals surface area contributed by atoms with Crippen LogP contribution < -0.4 is 5.73 Å². The number of hydrogen-bond acceptors (Lipinski definition) is 4. The topological polar surface area (TPSA) is 66.5 Å². The van der Waals surface area contributed by atoms with E-state index >= 15 is 0 Å². The van der Waals surface area contributed by atoms with E-state index in [0.29, 0.717) is 12.1 Å². The second-order valence-electron chi connectivity index (χ2n) is 3.14. The third-order valence-corrected chi connectivity index (χ3v) is 2.48. The molecule has 0 aromatic heterocycles. The lowest BCUT2D eigenvalue weighted by molar-refractivity contribution is 0.0337. The summed E-state index contributed by atoms with van der Waals surface area (Å²) in [6.07, 6.45) is -1.71. The Morgan fingerprint density at radius 1 is 1.21 bits per heavy atom. The van der Waals surface area contributed by atoms with Gasteiger partial charge in [0.05, 0.1) is 6.10 Å². The van der Waals surface area contributed by atoms with Crippen LogP contribution in [-0.4, -0.2) is 22.1 Å². The van der Waals surface area contributed by atoms with Crippen LogP contribution in [0.2, 0.25) is 0 Å². The average molecular weight is 213 g/mol. The van der Waals surface area contributed by atoms with E-state index < -0.39 is 12.2 Å². The summed E-state index contributed by atoms with van der Waals surface area (Å²) in [6, 6.07) is 7.20. The lowest BCUT2D eigenvalue weighted by Crippen LogP contribution is -2.19. The second-order valence-corrected chi connectivity index (χ2v) is 3.51. The van der Waals surface area contributed by atoms with Gasteiger partial charge in [0, 0.05) is 12.3 Å². The van der Waals surface area contributed by atoms with Crippen molar-refractivity contribution in [2.24, 2.45) is 5.73 Å². The summed E-state index contributed by atoms with van der Waals surface area (Å²) in [5, 5.41) is 19.0. The number of hydrogen-bond donors (Lipinski definition) is 4. The minimum atomic E-state index is -0.876. The summed E-state index contributed by atoms with van der Waals surface area (Å²) in [4.78, 5) is 0. The zero-order valence-corrected chi connectivity index (χ0v) is 8.69. The average Bonchev–Trinajstić information content (AvgIpc) is 2.27. The predicted octanol–water partition coefficient (Wildman–Crippen LogP) is 0.469. The molecule has 14 heavy (non-hydrogen) atoms. The first-order valence-electron chi connectivity index (χ1n) is 4.45. The first-order valence-corrected chi connectivity index (χ1v) is 5.08. The smallest absolute Gasteiger partial charge is 0.106 e. The Morgan fingerprint density at radius 2 is 1.79 bits per heavy atom. The molecular formula is C10H15NO2S. The molecule has 78 valence electrons. The van der Waals surface area contributed by atoms with Gasteiger partial charge < -0.3 is 15.9 Å². The van der Waals surface area contributed by atoms with Crippen LogP contribution >= 0.6 is 12.6 Å². The van der Waals surface area contributed by atoms with Gasteiger partial charge in [0.1, 0.15) is 6.10 Å². The SMILES string of the molecule is NCc1ccc(C(O)C(O)CS)cc1. The molecule has 0 amide bonds. The molecule has 3 nitrogen and oxygen atoms in total. The largest absolute Gasteiger partial charge is 0.389 e. The van der Waals surface area contributed by atoms with Crippen LogP contribution in [0.25, 0.3) is 0 Å². The third-order valence-electron chi connectivity index (χ3n) is 2.11. The number of benzene rings is 1. The normalized spacial score (nSPS) is 15.1. The molecular weight excluding hydrogens is 198 g/mol. The number of rotatable bonds is 4. The van der Waals surface area contributed by atoms with Crippen LogP contribution in [-0.2, 0) is 6.54 Å². The minimum absolute atomic E-state index is 0.236. The quantitative estimate of drug-likeness (QED) is 0.550. The Hall–Kier alpha value is -0.550. The van der Waals surface area contributed by atoms with Crippen molar-refractivity contribution in [3.8, 4) is 0 Å². The van der Waals surface area contributed by atoms with Crippen LogP contribution in [0.15, 0.2) is 24.3 Å².